The first-order valence-corrected chi connectivity index (χ1v) is 7.39. The van der Waals surface area contributed by atoms with E-state index in [1.807, 2.05) is 48.5 Å². The maximum absolute atomic E-state index is 11.0. The molecule has 3 rings (SSSR count). The molecule has 0 spiro atoms. The van der Waals surface area contributed by atoms with E-state index >= 15 is 0 Å². The first-order valence-electron chi connectivity index (χ1n) is 6.57. The van der Waals surface area contributed by atoms with Crippen LogP contribution in [0.15, 0.2) is 48.5 Å². The van der Waals surface area contributed by atoms with Crippen molar-refractivity contribution in [3.8, 4) is 10.6 Å². The molecule has 5 heteroatoms. The fraction of sp³-hybridized carbons (Fsp3) is 0.125. The van der Waals surface area contributed by atoms with Crippen molar-refractivity contribution in [2.24, 2.45) is 5.73 Å². The molecule has 1 aromatic heterocycles. The lowest BCUT2D eigenvalue weighted by Crippen LogP contribution is -2.32. The maximum Gasteiger partial charge on any atom is 0.320 e. The van der Waals surface area contributed by atoms with Crippen LogP contribution >= 0.6 is 11.3 Å². The zero-order valence-corrected chi connectivity index (χ0v) is 12.0. The average Bonchev–Trinajstić information content (AvgIpc) is 2.91. The van der Waals surface area contributed by atoms with E-state index in [2.05, 4.69) is 4.98 Å². The van der Waals surface area contributed by atoms with Gasteiger partial charge in [0.2, 0.25) is 0 Å². The zero-order chi connectivity index (χ0) is 14.8. The third-order valence-corrected chi connectivity index (χ3v) is 4.37. The van der Waals surface area contributed by atoms with Gasteiger partial charge in [-0.25, -0.2) is 4.98 Å². The first-order chi connectivity index (χ1) is 10.1. The number of carboxylic acid groups (broad SMARTS) is 1. The second kappa shape index (κ2) is 5.63. The van der Waals surface area contributed by atoms with Gasteiger partial charge >= 0.3 is 5.97 Å². The molecule has 4 nitrogen and oxygen atoms in total. The number of aliphatic carboxylic acids is 1. The van der Waals surface area contributed by atoms with Crippen LogP contribution < -0.4 is 5.73 Å². The van der Waals surface area contributed by atoms with E-state index < -0.39 is 12.0 Å². The molecule has 1 heterocycles. The summed E-state index contributed by atoms with van der Waals surface area (Å²) in [7, 11) is 0. The maximum atomic E-state index is 11.0. The number of thiazole rings is 1. The SMILES string of the molecule is NC(Cc1ccccc1-c1nc2ccccc2s1)C(=O)O. The monoisotopic (exact) mass is 298 g/mol. The molecule has 0 bridgehead atoms. The van der Waals surface area contributed by atoms with Gasteiger partial charge in [0.1, 0.15) is 11.0 Å². The number of hydrogen-bond acceptors (Lipinski definition) is 4. The van der Waals surface area contributed by atoms with Crippen LogP contribution in [0.3, 0.4) is 0 Å². The van der Waals surface area contributed by atoms with Gasteiger partial charge in [0.05, 0.1) is 10.2 Å². The van der Waals surface area contributed by atoms with Crippen LogP contribution in [-0.2, 0) is 11.2 Å². The molecule has 0 amide bonds. The highest BCUT2D eigenvalue weighted by atomic mass is 32.1. The standard InChI is InChI=1S/C16H14N2O2S/c17-12(16(19)20)9-10-5-1-2-6-11(10)15-18-13-7-3-4-8-14(13)21-15/h1-8,12H,9,17H2,(H,19,20). The number of para-hydroxylation sites is 1. The molecule has 21 heavy (non-hydrogen) atoms. The Bertz CT molecular complexity index is 765. The summed E-state index contributed by atoms with van der Waals surface area (Å²) >= 11 is 1.60. The minimum absolute atomic E-state index is 0.293. The van der Waals surface area contributed by atoms with Crippen molar-refractivity contribution in [3.63, 3.8) is 0 Å². The van der Waals surface area contributed by atoms with Crippen LogP contribution in [0.2, 0.25) is 0 Å². The molecule has 3 N–H and O–H groups in total. The Hall–Kier alpha value is -2.24. The lowest BCUT2D eigenvalue weighted by atomic mass is 10.0. The molecule has 0 aliphatic carbocycles. The summed E-state index contributed by atoms with van der Waals surface area (Å²) in [5.74, 6) is -0.992. The third kappa shape index (κ3) is 2.79. The summed E-state index contributed by atoms with van der Waals surface area (Å²) in [4.78, 5) is 15.6. The van der Waals surface area contributed by atoms with E-state index in [0.29, 0.717) is 6.42 Å². The van der Waals surface area contributed by atoms with Gasteiger partial charge in [-0.05, 0) is 24.1 Å². The quantitative estimate of drug-likeness (QED) is 0.776. The smallest absolute Gasteiger partial charge is 0.320 e. The zero-order valence-electron chi connectivity index (χ0n) is 11.2. The van der Waals surface area contributed by atoms with Crippen molar-refractivity contribution in [1.29, 1.82) is 0 Å². The van der Waals surface area contributed by atoms with Gasteiger partial charge in [0, 0.05) is 5.56 Å². The van der Waals surface area contributed by atoms with Crippen LogP contribution in [0.1, 0.15) is 5.56 Å². The number of carbonyl (C=O) groups is 1. The Kier molecular flexibility index (Phi) is 3.68. The summed E-state index contributed by atoms with van der Waals surface area (Å²) in [5, 5.41) is 9.87. The second-order valence-electron chi connectivity index (χ2n) is 4.79. The molecule has 2 aromatic carbocycles. The Balaban J connectivity index is 2.03. The van der Waals surface area contributed by atoms with E-state index in [1.165, 1.54) is 0 Å². The van der Waals surface area contributed by atoms with Gasteiger partial charge in [-0.1, -0.05) is 36.4 Å². The summed E-state index contributed by atoms with van der Waals surface area (Å²) in [6.45, 7) is 0. The Morgan fingerprint density at radius 2 is 1.90 bits per heavy atom. The molecule has 0 saturated carbocycles. The van der Waals surface area contributed by atoms with Crippen LogP contribution in [-0.4, -0.2) is 22.1 Å². The predicted octanol–water partition coefficient (Wildman–Crippen LogP) is 2.92. The number of benzene rings is 2. The Labute approximate surface area is 125 Å². The summed E-state index contributed by atoms with van der Waals surface area (Å²) in [6, 6.07) is 14.7. The van der Waals surface area contributed by atoms with E-state index in [4.69, 9.17) is 10.8 Å². The fourth-order valence-electron chi connectivity index (χ4n) is 2.22. The van der Waals surface area contributed by atoms with E-state index in [9.17, 15) is 4.79 Å². The molecule has 3 aromatic rings. The fourth-order valence-corrected chi connectivity index (χ4v) is 3.24. The number of nitrogens with zero attached hydrogens (tertiary/aromatic N) is 1. The molecule has 0 fully saturated rings. The summed E-state index contributed by atoms with van der Waals surface area (Å²) in [5.41, 5.74) is 8.47. The largest absolute Gasteiger partial charge is 0.480 e. The predicted molar refractivity (Wildman–Crippen MR) is 84.4 cm³/mol. The van der Waals surface area contributed by atoms with Gasteiger partial charge < -0.3 is 10.8 Å². The van der Waals surface area contributed by atoms with Gasteiger partial charge in [0.25, 0.3) is 0 Å². The Morgan fingerprint density at radius 1 is 1.19 bits per heavy atom. The molecule has 1 atom stereocenters. The highest BCUT2D eigenvalue weighted by Crippen LogP contribution is 2.32. The van der Waals surface area contributed by atoms with Gasteiger partial charge in [0.15, 0.2) is 0 Å². The molecule has 0 aliphatic rings. The van der Waals surface area contributed by atoms with Crippen LogP contribution in [0.4, 0.5) is 0 Å². The minimum Gasteiger partial charge on any atom is -0.480 e. The first kappa shape index (κ1) is 13.7. The number of nitrogens with two attached hydrogens (primary N) is 1. The number of aromatic nitrogens is 1. The second-order valence-corrected chi connectivity index (χ2v) is 5.82. The van der Waals surface area contributed by atoms with E-state index in [1.54, 1.807) is 11.3 Å². The number of carboxylic acids is 1. The summed E-state index contributed by atoms with van der Waals surface area (Å²) in [6.07, 6.45) is 0.293. The summed E-state index contributed by atoms with van der Waals surface area (Å²) < 4.78 is 1.12. The number of hydrogen-bond donors (Lipinski definition) is 2. The lowest BCUT2D eigenvalue weighted by Gasteiger charge is -2.10. The molecular formula is C16H14N2O2S. The van der Waals surface area contributed by atoms with Gasteiger partial charge in [-0.3, -0.25) is 4.79 Å². The van der Waals surface area contributed by atoms with Crippen LogP contribution in [0, 0.1) is 0 Å². The van der Waals surface area contributed by atoms with Gasteiger partial charge in [-0.2, -0.15) is 0 Å². The van der Waals surface area contributed by atoms with E-state index in [-0.39, 0.29) is 0 Å². The molecule has 0 aliphatic heterocycles. The molecule has 0 saturated heterocycles. The van der Waals surface area contributed by atoms with Crippen molar-refractivity contribution in [1.82, 2.24) is 4.98 Å². The Morgan fingerprint density at radius 3 is 2.67 bits per heavy atom. The van der Waals surface area contributed by atoms with Crippen molar-refractivity contribution in [3.05, 3.63) is 54.1 Å². The molecular weight excluding hydrogens is 284 g/mol. The number of fused-ring (bicyclic) bond motifs is 1. The van der Waals surface area contributed by atoms with E-state index in [0.717, 1.165) is 26.4 Å². The van der Waals surface area contributed by atoms with Crippen LogP contribution in [0.5, 0.6) is 0 Å². The normalized spacial score (nSPS) is 12.4. The van der Waals surface area contributed by atoms with Crippen molar-refractivity contribution < 1.29 is 9.90 Å². The molecule has 1 unspecified atom stereocenters. The number of rotatable bonds is 4. The van der Waals surface area contributed by atoms with Crippen molar-refractivity contribution >= 4 is 27.5 Å². The van der Waals surface area contributed by atoms with Crippen molar-refractivity contribution in [2.45, 2.75) is 12.5 Å². The average molecular weight is 298 g/mol. The van der Waals surface area contributed by atoms with Crippen molar-refractivity contribution in [2.75, 3.05) is 0 Å². The van der Waals surface area contributed by atoms with Gasteiger partial charge in [-0.15, -0.1) is 11.3 Å². The highest BCUT2D eigenvalue weighted by Gasteiger charge is 2.16. The topological polar surface area (TPSA) is 76.2 Å². The van der Waals surface area contributed by atoms with Crippen LogP contribution in [0.25, 0.3) is 20.8 Å². The minimum atomic E-state index is -0.992. The lowest BCUT2D eigenvalue weighted by molar-refractivity contribution is -0.138. The highest BCUT2D eigenvalue weighted by molar-refractivity contribution is 7.21. The molecule has 106 valence electrons. The third-order valence-electron chi connectivity index (χ3n) is 3.30. The molecule has 0 radical (unpaired) electrons.